The zero-order chi connectivity index (χ0) is 13.2. The van der Waals surface area contributed by atoms with Crippen molar-refractivity contribution in [3.8, 4) is 0 Å². The van der Waals surface area contributed by atoms with E-state index in [1.165, 1.54) is 25.4 Å². The van der Waals surface area contributed by atoms with Crippen LogP contribution in [0.4, 0.5) is 5.69 Å². The molecular formula is C11H12N2O4S. The maximum Gasteiger partial charge on any atom is 0.265 e. The van der Waals surface area contributed by atoms with E-state index in [0.717, 1.165) is 0 Å². The standard InChI is InChI=1S/C11H12N2O4S/c1-8-11(6-10(7-14)17-8)18(15,16)13-9-2-4-12-5-3-9/h2-6,14H,7H2,1H3,(H,12,13). The van der Waals surface area contributed by atoms with Crippen molar-refractivity contribution in [1.29, 1.82) is 0 Å². The Morgan fingerprint density at radius 1 is 1.39 bits per heavy atom. The molecule has 0 aliphatic carbocycles. The Balaban J connectivity index is 2.34. The minimum absolute atomic E-state index is 0.0170. The van der Waals surface area contributed by atoms with Gasteiger partial charge in [0.25, 0.3) is 10.0 Å². The van der Waals surface area contributed by atoms with E-state index in [-0.39, 0.29) is 23.0 Å². The van der Waals surface area contributed by atoms with Crippen LogP contribution in [0.15, 0.2) is 39.9 Å². The van der Waals surface area contributed by atoms with Crippen molar-refractivity contribution in [2.24, 2.45) is 0 Å². The van der Waals surface area contributed by atoms with E-state index >= 15 is 0 Å². The topological polar surface area (TPSA) is 92.4 Å². The van der Waals surface area contributed by atoms with Gasteiger partial charge >= 0.3 is 0 Å². The van der Waals surface area contributed by atoms with Gasteiger partial charge in [0, 0.05) is 18.5 Å². The van der Waals surface area contributed by atoms with Crippen molar-refractivity contribution in [3.05, 3.63) is 42.1 Å². The highest BCUT2D eigenvalue weighted by Crippen LogP contribution is 2.22. The molecule has 0 bridgehead atoms. The van der Waals surface area contributed by atoms with Gasteiger partial charge in [-0.05, 0) is 19.1 Å². The first kappa shape index (κ1) is 12.6. The number of aromatic nitrogens is 1. The zero-order valence-corrected chi connectivity index (χ0v) is 10.4. The van der Waals surface area contributed by atoms with Crippen LogP contribution in [0.5, 0.6) is 0 Å². The van der Waals surface area contributed by atoms with Gasteiger partial charge in [0.2, 0.25) is 0 Å². The van der Waals surface area contributed by atoms with Crippen LogP contribution in [0, 0.1) is 6.92 Å². The molecule has 6 nitrogen and oxygen atoms in total. The summed E-state index contributed by atoms with van der Waals surface area (Å²) >= 11 is 0. The van der Waals surface area contributed by atoms with Crippen LogP contribution < -0.4 is 4.72 Å². The molecule has 7 heteroatoms. The molecule has 0 spiro atoms. The summed E-state index contributed by atoms with van der Waals surface area (Å²) < 4.78 is 31.7. The largest absolute Gasteiger partial charge is 0.462 e. The third kappa shape index (κ3) is 2.52. The lowest BCUT2D eigenvalue weighted by atomic mass is 10.4. The predicted octanol–water partition coefficient (Wildman–Crippen LogP) is 1.28. The van der Waals surface area contributed by atoms with Gasteiger partial charge in [-0.1, -0.05) is 0 Å². The second kappa shape index (κ2) is 4.79. The molecule has 0 amide bonds. The number of anilines is 1. The third-order valence-electron chi connectivity index (χ3n) is 2.30. The van der Waals surface area contributed by atoms with Crippen LogP contribution in [0.25, 0.3) is 0 Å². The summed E-state index contributed by atoms with van der Waals surface area (Å²) in [6, 6.07) is 4.39. The molecule has 0 unspecified atom stereocenters. The number of pyridine rings is 1. The first-order chi connectivity index (χ1) is 8.53. The highest BCUT2D eigenvalue weighted by Gasteiger charge is 2.21. The monoisotopic (exact) mass is 268 g/mol. The number of sulfonamides is 1. The average molecular weight is 268 g/mol. The third-order valence-corrected chi connectivity index (χ3v) is 3.79. The first-order valence-electron chi connectivity index (χ1n) is 5.16. The van der Waals surface area contributed by atoms with Gasteiger partial charge in [-0.2, -0.15) is 0 Å². The number of rotatable bonds is 4. The molecule has 0 saturated heterocycles. The quantitative estimate of drug-likeness (QED) is 0.871. The van der Waals surface area contributed by atoms with Crippen molar-refractivity contribution in [2.75, 3.05) is 4.72 Å². The number of hydrogen-bond acceptors (Lipinski definition) is 5. The van der Waals surface area contributed by atoms with E-state index < -0.39 is 10.0 Å². The van der Waals surface area contributed by atoms with Crippen molar-refractivity contribution in [1.82, 2.24) is 4.98 Å². The van der Waals surface area contributed by atoms with Gasteiger partial charge in [-0.25, -0.2) is 8.42 Å². The molecule has 0 saturated carbocycles. The lowest BCUT2D eigenvalue weighted by molar-refractivity contribution is 0.245. The van der Waals surface area contributed by atoms with E-state index in [1.54, 1.807) is 12.1 Å². The molecule has 0 atom stereocenters. The summed E-state index contributed by atoms with van der Waals surface area (Å²) in [5.74, 6) is 0.447. The van der Waals surface area contributed by atoms with Gasteiger partial charge < -0.3 is 9.52 Å². The molecule has 2 N–H and O–H groups in total. The van der Waals surface area contributed by atoms with Crippen LogP contribution in [-0.4, -0.2) is 18.5 Å². The molecule has 0 aromatic carbocycles. The van der Waals surface area contributed by atoms with Crippen LogP contribution in [0.2, 0.25) is 0 Å². The molecule has 2 heterocycles. The SMILES string of the molecule is Cc1oc(CO)cc1S(=O)(=O)Nc1ccncc1. The molecule has 2 aromatic rings. The predicted molar refractivity (Wildman–Crippen MR) is 64.4 cm³/mol. The minimum atomic E-state index is -3.72. The van der Waals surface area contributed by atoms with Crippen LogP contribution in [0.3, 0.4) is 0 Å². The van der Waals surface area contributed by atoms with Crippen LogP contribution in [0.1, 0.15) is 11.5 Å². The summed E-state index contributed by atoms with van der Waals surface area (Å²) in [5, 5.41) is 8.91. The van der Waals surface area contributed by atoms with E-state index in [2.05, 4.69) is 9.71 Å². The number of aliphatic hydroxyl groups is 1. The van der Waals surface area contributed by atoms with E-state index in [4.69, 9.17) is 9.52 Å². The van der Waals surface area contributed by atoms with E-state index in [0.29, 0.717) is 5.69 Å². The average Bonchev–Trinajstić information content (AvgIpc) is 2.72. The molecular weight excluding hydrogens is 256 g/mol. The molecule has 0 aliphatic heterocycles. The Kier molecular flexibility index (Phi) is 3.35. The maximum atomic E-state index is 12.1. The summed E-state index contributed by atoms with van der Waals surface area (Å²) in [7, 11) is -3.72. The highest BCUT2D eigenvalue weighted by molar-refractivity contribution is 7.92. The lowest BCUT2D eigenvalue weighted by Crippen LogP contribution is -2.13. The number of nitrogens with one attached hydrogen (secondary N) is 1. The summed E-state index contributed by atoms with van der Waals surface area (Å²) in [6.45, 7) is 1.19. The van der Waals surface area contributed by atoms with Crippen LogP contribution >= 0.6 is 0 Å². The molecule has 0 fully saturated rings. The van der Waals surface area contributed by atoms with Gasteiger partial charge in [0.05, 0.1) is 5.69 Å². The van der Waals surface area contributed by atoms with Gasteiger partial charge in [0.15, 0.2) is 0 Å². The molecule has 96 valence electrons. The fraction of sp³-hybridized carbons (Fsp3) is 0.182. The number of aliphatic hydroxyl groups excluding tert-OH is 1. The normalized spacial score (nSPS) is 11.4. The van der Waals surface area contributed by atoms with Gasteiger partial charge in [0.1, 0.15) is 23.0 Å². The van der Waals surface area contributed by atoms with Gasteiger partial charge in [-0.3, -0.25) is 9.71 Å². The molecule has 2 aromatic heterocycles. The van der Waals surface area contributed by atoms with Crippen molar-refractivity contribution in [2.45, 2.75) is 18.4 Å². The second-order valence-corrected chi connectivity index (χ2v) is 5.28. The Hall–Kier alpha value is -1.86. The lowest BCUT2D eigenvalue weighted by Gasteiger charge is -2.05. The van der Waals surface area contributed by atoms with Gasteiger partial charge in [-0.15, -0.1) is 0 Å². The van der Waals surface area contributed by atoms with E-state index in [9.17, 15) is 8.42 Å². The number of furan rings is 1. The number of hydrogen-bond donors (Lipinski definition) is 2. The fourth-order valence-corrected chi connectivity index (χ4v) is 2.76. The summed E-state index contributed by atoms with van der Waals surface area (Å²) in [5.41, 5.74) is 0.413. The fourth-order valence-electron chi connectivity index (χ4n) is 1.50. The smallest absolute Gasteiger partial charge is 0.265 e. The Morgan fingerprint density at radius 2 is 2.06 bits per heavy atom. The number of nitrogens with zero attached hydrogens (tertiary/aromatic N) is 1. The zero-order valence-electron chi connectivity index (χ0n) is 9.62. The second-order valence-electron chi connectivity index (χ2n) is 3.63. The van der Waals surface area contributed by atoms with Crippen molar-refractivity contribution < 1.29 is 17.9 Å². The number of aryl methyl sites for hydroxylation is 1. The Labute approximate surface area is 104 Å². The first-order valence-corrected chi connectivity index (χ1v) is 6.64. The van der Waals surface area contributed by atoms with Crippen LogP contribution in [-0.2, 0) is 16.6 Å². The highest BCUT2D eigenvalue weighted by atomic mass is 32.2. The van der Waals surface area contributed by atoms with Crippen molar-refractivity contribution >= 4 is 15.7 Å². The summed E-state index contributed by atoms with van der Waals surface area (Å²) in [6.07, 6.45) is 2.97. The molecule has 0 radical (unpaired) electrons. The van der Waals surface area contributed by atoms with E-state index in [1.807, 2.05) is 0 Å². The maximum absolute atomic E-state index is 12.1. The molecule has 2 rings (SSSR count). The Morgan fingerprint density at radius 3 is 2.61 bits per heavy atom. The summed E-state index contributed by atoms with van der Waals surface area (Å²) in [4.78, 5) is 3.81. The Bertz CT molecular complexity index is 634. The molecule has 18 heavy (non-hydrogen) atoms. The van der Waals surface area contributed by atoms with Crippen molar-refractivity contribution in [3.63, 3.8) is 0 Å². The minimum Gasteiger partial charge on any atom is -0.462 e. The molecule has 0 aliphatic rings.